The summed E-state index contributed by atoms with van der Waals surface area (Å²) in [6, 6.07) is 5.52. The monoisotopic (exact) mass is 500 g/mol. The molecule has 0 N–H and O–H groups in total. The average molecular weight is 501 g/mol. The maximum Gasteiger partial charge on any atom is 0.155 e. The molecule has 1 fully saturated rings. The van der Waals surface area contributed by atoms with Crippen LogP contribution < -0.4 is 0 Å². The summed E-state index contributed by atoms with van der Waals surface area (Å²) < 4.78 is 19.1. The van der Waals surface area contributed by atoms with Crippen molar-refractivity contribution in [2.24, 2.45) is 0 Å². The van der Waals surface area contributed by atoms with Gasteiger partial charge in [-0.1, -0.05) is 11.8 Å². The van der Waals surface area contributed by atoms with Crippen LogP contribution in [0.3, 0.4) is 0 Å². The third-order valence-corrected chi connectivity index (χ3v) is 7.46. The lowest BCUT2D eigenvalue weighted by Crippen LogP contribution is -2.32. The van der Waals surface area contributed by atoms with E-state index in [9.17, 15) is 4.39 Å². The van der Waals surface area contributed by atoms with E-state index in [0.29, 0.717) is 11.1 Å². The first-order chi connectivity index (χ1) is 15.0. The van der Waals surface area contributed by atoms with Crippen molar-refractivity contribution >= 4 is 33.2 Å². The molecule has 4 aromatic rings. The van der Waals surface area contributed by atoms with Gasteiger partial charge in [0.15, 0.2) is 5.82 Å². The van der Waals surface area contributed by atoms with Crippen LogP contribution in [0.15, 0.2) is 57.4 Å². The largest absolute Gasteiger partial charge is 0.306 e. The summed E-state index contributed by atoms with van der Waals surface area (Å²) >= 11 is 4.88. The fourth-order valence-corrected chi connectivity index (χ4v) is 5.73. The van der Waals surface area contributed by atoms with Crippen LogP contribution in [0.1, 0.15) is 24.6 Å². The van der Waals surface area contributed by atoms with E-state index in [0.717, 1.165) is 57.6 Å². The van der Waals surface area contributed by atoms with Gasteiger partial charge in [-0.3, -0.25) is 4.68 Å². The van der Waals surface area contributed by atoms with Crippen LogP contribution in [0.25, 0.3) is 16.6 Å². The van der Waals surface area contributed by atoms with Crippen LogP contribution in [0.4, 0.5) is 4.39 Å². The van der Waals surface area contributed by atoms with Crippen molar-refractivity contribution < 1.29 is 4.39 Å². The van der Waals surface area contributed by atoms with Gasteiger partial charge >= 0.3 is 0 Å². The first-order valence-electron chi connectivity index (χ1n) is 10.2. The van der Waals surface area contributed by atoms with Gasteiger partial charge in [-0.2, -0.15) is 10.2 Å². The number of rotatable bonds is 4. The number of likely N-dealkylation sites (tertiary alicyclic amines) is 1. The molecule has 4 aromatic heterocycles. The lowest BCUT2D eigenvalue weighted by Gasteiger charge is -2.29. The minimum atomic E-state index is -0.335. The molecule has 0 saturated carbocycles. The summed E-state index contributed by atoms with van der Waals surface area (Å²) in [6.45, 7) is 4.29. The molecule has 5 rings (SSSR count). The van der Waals surface area contributed by atoms with Gasteiger partial charge < -0.3 is 4.90 Å². The normalized spacial score (nSPS) is 15.7. The first-order valence-corrected chi connectivity index (χ1v) is 11.8. The van der Waals surface area contributed by atoms with Crippen molar-refractivity contribution in [1.82, 2.24) is 29.3 Å². The van der Waals surface area contributed by atoms with E-state index in [1.807, 2.05) is 16.9 Å². The van der Waals surface area contributed by atoms with Crippen LogP contribution >= 0.6 is 27.7 Å². The second-order valence-electron chi connectivity index (χ2n) is 7.89. The molecule has 1 aliphatic rings. The minimum absolute atomic E-state index is 0.335. The quantitative estimate of drug-likeness (QED) is 0.384. The number of hydrogen-bond donors (Lipinski definition) is 0. The molecule has 160 valence electrons. The van der Waals surface area contributed by atoms with Crippen molar-refractivity contribution in [3.63, 3.8) is 0 Å². The Morgan fingerprint density at radius 2 is 2.00 bits per heavy atom. The predicted molar refractivity (Wildman–Crippen MR) is 123 cm³/mol. The molecule has 5 heterocycles. The summed E-state index contributed by atoms with van der Waals surface area (Å²) in [6.07, 6.45) is 9.50. The Morgan fingerprint density at radius 3 is 2.77 bits per heavy atom. The fourth-order valence-electron chi connectivity index (χ4n) is 4.14. The first kappa shape index (κ1) is 20.7. The van der Waals surface area contributed by atoms with E-state index in [1.54, 1.807) is 18.5 Å². The number of aromatic nitrogens is 5. The molecule has 0 spiro atoms. The van der Waals surface area contributed by atoms with Crippen LogP contribution in [0.2, 0.25) is 0 Å². The Hall–Kier alpha value is -2.23. The summed E-state index contributed by atoms with van der Waals surface area (Å²) in [5.74, 6) is -0.335. The van der Waals surface area contributed by atoms with E-state index >= 15 is 0 Å². The van der Waals surface area contributed by atoms with Gasteiger partial charge in [0.05, 0.1) is 28.4 Å². The molecule has 0 amide bonds. The second kappa shape index (κ2) is 8.37. The van der Waals surface area contributed by atoms with Gasteiger partial charge in [0, 0.05) is 34.1 Å². The highest BCUT2D eigenvalue weighted by molar-refractivity contribution is 9.10. The summed E-state index contributed by atoms with van der Waals surface area (Å²) in [5, 5.41) is 9.55. The van der Waals surface area contributed by atoms with Crippen molar-refractivity contribution in [2.75, 3.05) is 20.1 Å². The van der Waals surface area contributed by atoms with Crippen molar-refractivity contribution in [3.8, 4) is 11.1 Å². The highest BCUT2D eigenvalue weighted by atomic mass is 79.9. The topological polar surface area (TPSA) is 51.2 Å². The van der Waals surface area contributed by atoms with Crippen LogP contribution in [-0.2, 0) is 0 Å². The van der Waals surface area contributed by atoms with Crippen LogP contribution in [0, 0.1) is 12.7 Å². The molecule has 0 aromatic carbocycles. The zero-order valence-electron chi connectivity index (χ0n) is 17.3. The summed E-state index contributed by atoms with van der Waals surface area (Å²) in [4.78, 5) is 7.45. The zero-order valence-corrected chi connectivity index (χ0v) is 19.7. The number of piperidine rings is 1. The Bertz CT molecular complexity index is 1240. The van der Waals surface area contributed by atoms with E-state index in [1.165, 1.54) is 17.8 Å². The maximum atomic E-state index is 14.3. The number of pyridine rings is 2. The lowest BCUT2D eigenvalue weighted by molar-refractivity contribution is 0.210. The Kier molecular flexibility index (Phi) is 5.58. The average Bonchev–Trinajstić information content (AvgIpc) is 3.33. The highest BCUT2D eigenvalue weighted by Gasteiger charge is 2.22. The van der Waals surface area contributed by atoms with Gasteiger partial charge in [0.2, 0.25) is 0 Å². The molecule has 0 bridgehead atoms. The van der Waals surface area contributed by atoms with Gasteiger partial charge in [-0.25, -0.2) is 13.9 Å². The molecular weight excluding hydrogens is 479 g/mol. The molecule has 0 radical (unpaired) electrons. The van der Waals surface area contributed by atoms with Crippen LogP contribution in [0.5, 0.6) is 0 Å². The zero-order chi connectivity index (χ0) is 21.5. The molecule has 1 aliphatic heterocycles. The molecule has 6 nitrogen and oxygen atoms in total. The lowest BCUT2D eigenvalue weighted by atomic mass is 10.0. The molecular formula is C22H22BrFN6S. The van der Waals surface area contributed by atoms with Gasteiger partial charge in [0.1, 0.15) is 5.03 Å². The van der Waals surface area contributed by atoms with Crippen molar-refractivity contribution in [1.29, 1.82) is 0 Å². The summed E-state index contributed by atoms with van der Waals surface area (Å²) in [7, 11) is 2.17. The maximum absolute atomic E-state index is 14.3. The third-order valence-electron chi connectivity index (χ3n) is 5.85. The van der Waals surface area contributed by atoms with Gasteiger partial charge in [-0.05, 0) is 74.0 Å². The molecule has 0 aliphatic carbocycles. The highest BCUT2D eigenvalue weighted by Crippen LogP contribution is 2.38. The number of fused-ring (bicyclic) bond motifs is 1. The number of halogens is 2. The third kappa shape index (κ3) is 3.90. The molecule has 0 atom stereocenters. The van der Waals surface area contributed by atoms with E-state index in [-0.39, 0.29) is 5.82 Å². The Labute approximate surface area is 192 Å². The van der Waals surface area contributed by atoms with Gasteiger partial charge in [0.25, 0.3) is 0 Å². The van der Waals surface area contributed by atoms with Gasteiger partial charge in [-0.15, -0.1) is 0 Å². The SMILES string of the molecule is Cc1c(-c2cc(Sc3ncccc3F)c3c(Br)cnn3c2)cnn1C1CCN(C)CC1. The van der Waals surface area contributed by atoms with E-state index in [2.05, 4.69) is 55.6 Å². The van der Waals surface area contributed by atoms with E-state index < -0.39 is 0 Å². The predicted octanol–water partition coefficient (Wildman–Crippen LogP) is 5.22. The smallest absolute Gasteiger partial charge is 0.155 e. The minimum Gasteiger partial charge on any atom is -0.306 e. The standard InChI is InChI=1S/C22H22BrFN6S/c1-14-17(11-27-30(14)16-5-8-28(2)9-6-16)15-10-20(21-18(23)12-26-29(21)13-15)31-22-19(24)4-3-7-25-22/h3-4,7,10-13,16H,5-6,8-9H2,1-2H3. The molecule has 1 saturated heterocycles. The number of nitrogens with zero attached hydrogens (tertiary/aromatic N) is 6. The second-order valence-corrected chi connectivity index (χ2v) is 9.78. The van der Waals surface area contributed by atoms with Crippen molar-refractivity contribution in [3.05, 3.63) is 59.0 Å². The molecule has 9 heteroatoms. The van der Waals surface area contributed by atoms with Crippen LogP contribution in [-0.4, -0.2) is 49.4 Å². The Balaban J connectivity index is 1.56. The fraction of sp³-hybridized carbons (Fsp3) is 0.318. The number of hydrogen-bond acceptors (Lipinski definition) is 5. The Morgan fingerprint density at radius 1 is 1.19 bits per heavy atom. The molecule has 0 unspecified atom stereocenters. The molecule has 31 heavy (non-hydrogen) atoms. The van der Waals surface area contributed by atoms with Crippen molar-refractivity contribution in [2.45, 2.75) is 35.7 Å². The van der Waals surface area contributed by atoms with E-state index in [4.69, 9.17) is 5.10 Å². The summed E-state index contributed by atoms with van der Waals surface area (Å²) in [5.41, 5.74) is 4.09.